The second-order valence-corrected chi connectivity index (χ2v) is 5.03. The van der Waals surface area contributed by atoms with Gasteiger partial charge in [0.1, 0.15) is 0 Å². The van der Waals surface area contributed by atoms with E-state index in [0.717, 1.165) is 5.92 Å². The van der Waals surface area contributed by atoms with E-state index in [-0.39, 0.29) is 0 Å². The lowest BCUT2D eigenvalue weighted by atomic mass is 10.1. The highest BCUT2D eigenvalue weighted by Crippen LogP contribution is 2.07. The summed E-state index contributed by atoms with van der Waals surface area (Å²) < 4.78 is 0. The van der Waals surface area contributed by atoms with E-state index in [1.807, 2.05) is 0 Å². The molecule has 0 aromatic rings. The lowest BCUT2D eigenvalue weighted by Crippen LogP contribution is -2.32. The summed E-state index contributed by atoms with van der Waals surface area (Å²) in [6.45, 7) is 11.0. The van der Waals surface area contributed by atoms with E-state index in [0.29, 0.717) is 0 Å². The van der Waals surface area contributed by atoms with Crippen LogP contribution < -0.4 is 0 Å². The van der Waals surface area contributed by atoms with E-state index in [4.69, 9.17) is 0 Å². The summed E-state index contributed by atoms with van der Waals surface area (Å²) in [6.07, 6.45) is 4.15. The molecule has 1 aliphatic heterocycles. The van der Waals surface area contributed by atoms with Crippen LogP contribution in [-0.4, -0.2) is 49.6 Å². The van der Waals surface area contributed by atoms with Crippen molar-refractivity contribution in [3.8, 4) is 0 Å². The molecule has 0 radical (unpaired) electrons. The van der Waals surface area contributed by atoms with Gasteiger partial charge in [-0.25, -0.2) is 0 Å². The number of nitrogens with zero attached hydrogens (tertiary/aromatic N) is 2. The Kier molecular flexibility index (Phi) is 5.49. The molecule has 0 unspecified atom stereocenters. The molecule has 1 heterocycles. The van der Waals surface area contributed by atoms with E-state index in [1.165, 1.54) is 52.0 Å². The molecule has 1 fully saturated rings. The average Bonchev–Trinajstić information content (AvgIpc) is 2.63. The van der Waals surface area contributed by atoms with E-state index in [9.17, 15) is 0 Å². The lowest BCUT2D eigenvalue weighted by molar-refractivity contribution is 0.248. The molecule has 1 rings (SSSR count). The second kappa shape index (κ2) is 6.41. The number of likely N-dealkylation sites (tertiary alicyclic amines) is 1. The van der Waals surface area contributed by atoms with E-state index < -0.39 is 0 Å². The van der Waals surface area contributed by atoms with Crippen LogP contribution in [-0.2, 0) is 0 Å². The van der Waals surface area contributed by atoms with Crippen molar-refractivity contribution < 1.29 is 0 Å². The van der Waals surface area contributed by atoms with Crippen LogP contribution in [0.1, 0.15) is 33.1 Å². The Bertz CT molecular complexity index is 139. The standard InChI is InChI=1S/C12H26N2/c1-12(2)6-9-13(3)10-11-14-7-4-5-8-14/h12H,4-11H2,1-3H3. The summed E-state index contributed by atoms with van der Waals surface area (Å²) in [4.78, 5) is 5.06. The largest absolute Gasteiger partial charge is 0.305 e. The molecule has 1 aliphatic rings. The monoisotopic (exact) mass is 198 g/mol. The van der Waals surface area contributed by atoms with Crippen LogP contribution >= 0.6 is 0 Å². The zero-order valence-electron chi connectivity index (χ0n) is 10.1. The Morgan fingerprint density at radius 3 is 2.36 bits per heavy atom. The molecule has 2 heteroatoms. The normalized spacial score (nSPS) is 18.6. The van der Waals surface area contributed by atoms with Gasteiger partial charge in [0.05, 0.1) is 0 Å². The molecular formula is C12H26N2. The maximum Gasteiger partial charge on any atom is 0.0109 e. The predicted molar refractivity (Wildman–Crippen MR) is 62.6 cm³/mol. The average molecular weight is 198 g/mol. The maximum absolute atomic E-state index is 2.59. The summed E-state index contributed by atoms with van der Waals surface area (Å²) in [5.41, 5.74) is 0. The van der Waals surface area contributed by atoms with E-state index >= 15 is 0 Å². The predicted octanol–water partition coefficient (Wildman–Crippen LogP) is 2.06. The van der Waals surface area contributed by atoms with Crippen LogP contribution in [0.2, 0.25) is 0 Å². The Morgan fingerprint density at radius 2 is 1.79 bits per heavy atom. The SMILES string of the molecule is CC(C)CCN(C)CCN1CCCC1. The number of rotatable bonds is 6. The van der Waals surface area contributed by atoms with Gasteiger partial charge in [-0.3, -0.25) is 0 Å². The molecule has 14 heavy (non-hydrogen) atoms. The molecule has 84 valence electrons. The van der Waals surface area contributed by atoms with Crippen LogP contribution in [0.25, 0.3) is 0 Å². The van der Waals surface area contributed by atoms with E-state index in [2.05, 4.69) is 30.7 Å². The highest BCUT2D eigenvalue weighted by molar-refractivity contribution is 4.67. The van der Waals surface area contributed by atoms with Crippen molar-refractivity contribution in [1.29, 1.82) is 0 Å². The second-order valence-electron chi connectivity index (χ2n) is 5.03. The van der Waals surface area contributed by atoms with Crippen molar-refractivity contribution in [2.24, 2.45) is 5.92 Å². The lowest BCUT2D eigenvalue weighted by Gasteiger charge is -2.21. The minimum Gasteiger partial charge on any atom is -0.305 e. The Hall–Kier alpha value is -0.0800. The molecule has 0 aromatic heterocycles. The van der Waals surface area contributed by atoms with Crippen LogP contribution in [0.15, 0.2) is 0 Å². The first-order valence-electron chi connectivity index (χ1n) is 6.09. The molecule has 2 nitrogen and oxygen atoms in total. The third kappa shape index (κ3) is 4.97. The van der Waals surface area contributed by atoms with Crippen LogP contribution in [0.3, 0.4) is 0 Å². The summed E-state index contributed by atoms with van der Waals surface area (Å²) in [6, 6.07) is 0. The summed E-state index contributed by atoms with van der Waals surface area (Å²) >= 11 is 0. The number of hydrogen-bond donors (Lipinski definition) is 0. The van der Waals surface area contributed by atoms with Crippen LogP contribution in [0, 0.1) is 5.92 Å². The third-order valence-corrected chi connectivity index (χ3v) is 3.08. The molecule has 0 atom stereocenters. The van der Waals surface area contributed by atoms with Gasteiger partial charge in [0.15, 0.2) is 0 Å². The molecule has 0 amide bonds. The Morgan fingerprint density at radius 1 is 1.14 bits per heavy atom. The molecule has 0 bridgehead atoms. The molecule has 0 spiro atoms. The van der Waals surface area contributed by atoms with Gasteiger partial charge in [-0.15, -0.1) is 0 Å². The topological polar surface area (TPSA) is 6.48 Å². The number of hydrogen-bond acceptors (Lipinski definition) is 2. The van der Waals surface area contributed by atoms with Gasteiger partial charge >= 0.3 is 0 Å². The summed E-state index contributed by atoms with van der Waals surface area (Å²) in [5, 5.41) is 0. The van der Waals surface area contributed by atoms with Crippen molar-refractivity contribution in [3.05, 3.63) is 0 Å². The van der Waals surface area contributed by atoms with E-state index in [1.54, 1.807) is 0 Å². The third-order valence-electron chi connectivity index (χ3n) is 3.08. The van der Waals surface area contributed by atoms with Gasteiger partial charge in [0.2, 0.25) is 0 Å². The molecule has 1 saturated heterocycles. The summed E-state index contributed by atoms with van der Waals surface area (Å²) in [7, 11) is 2.25. The molecule has 0 N–H and O–H groups in total. The number of likely N-dealkylation sites (N-methyl/N-ethyl adjacent to an activating group) is 1. The molecular weight excluding hydrogens is 172 g/mol. The van der Waals surface area contributed by atoms with Gasteiger partial charge in [-0.1, -0.05) is 13.8 Å². The molecule has 0 aliphatic carbocycles. The Labute approximate surface area is 89.3 Å². The van der Waals surface area contributed by atoms with Gasteiger partial charge in [-0.2, -0.15) is 0 Å². The van der Waals surface area contributed by atoms with Crippen LogP contribution in [0.5, 0.6) is 0 Å². The smallest absolute Gasteiger partial charge is 0.0109 e. The summed E-state index contributed by atoms with van der Waals surface area (Å²) in [5.74, 6) is 0.837. The minimum atomic E-state index is 0.837. The fourth-order valence-electron chi connectivity index (χ4n) is 1.91. The Balaban J connectivity index is 1.99. The maximum atomic E-state index is 2.59. The fourth-order valence-corrected chi connectivity index (χ4v) is 1.91. The minimum absolute atomic E-state index is 0.837. The van der Waals surface area contributed by atoms with Crippen molar-refractivity contribution in [1.82, 2.24) is 9.80 Å². The highest BCUT2D eigenvalue weighted by Gasteiger charge is 2.11. The first-order valence-corrected chi connectivity index (χ1v) is 6.09. The quantitative estimate of drug-likeness (QED) is 0.644. The van der Waals surface area contributed by atoms with Crippen molar-refractivity contribution in [3.63, 3.8) is 0 Å². The van der Waals surface area contributed by atoms with Gasteiger partial charge < -0.3 is 9.80 Å². The van der Waals surface area contributed by atoms with Gasteiger partial charge in [0.25, 0.3) is 0 Å². The van der Waals surface area contributed by atoms with Gasteiger partial charge in [0, 0.05) is 13.1 Å². The zero-order valence-corrected chi connectivity index (χ0v) is 10.1. The first-order chi connectivity index (χ1) is 6.68. The molecule has 0 saturated carbocycles. The van der Waals surface area contributed by atoms with Crippen molar-refractivity contribution >= 4 is 0 Å². The van der Waals surface area contributed by atoms with Crippen molar-refractivity contribution in [2.75, 3.05) is 39.8 Å². The first kappa shape index (κ1) is 12.0. The highest BCUT2D eigenvalue weighted by atomic mass is 15.2. The van der Waals surface area contributed by atoms with Crippen LogP contribution in [0.4, 0.5) is 0 Å². The van der Waals surface area contributed by atoms with Gasteiger partial charge in [-0.05, 0) is 51.9 Å². The van der Waals surface area contributed by atoms with Crippen molar-refractivity contribution in [2.45, 2.75) is 33.1 Å². The fraction of sp³-hybridized carbons (Fsp3) is 1.00. The zero-order chi connectivity index (χ0) is 10.4. The molecule has 0 aromatic carbocycles.